The Morgan fingerprint density at radius 1 is 0.629 bits per heavy atom. The third-order valence-electron chi connectivity index (χ3n) is 5.81. The molecule has 176 valence electrons. The molecular formula is C29H26N2O4. The van der Waals surface area contributed by atoms with Gasteiger partial charge in [-0.2, -0.15) is 0 Å². The van der Waals surface area contributed by atoms with Crippen LogP contribution in [0.3, 0.4) is 0 Å². The first-order valence-corrected chi connectivity index (χ1v) is 11.2. The van der Waals surface area contributed by atoms with Gasteiger partial charge in [0.2, 0.25) is 0 Å². The summed E-state index contributed by atoms with van der Waals surface area (Å²) in [6.07, 6.45) is 0.444. The minimum atomic E-state index is -0.292. The van der Waals surface area contributed by atoms with Crippen LogP contribution in [0.2, 0.25) is 0 Å². The lowest BCUT2D eigenvalue weighted by atomic mass is 10.0. The van der Waals surface area contributed by atoms with Crippen LogP contribution in [0.1, 0.15) is 43.0 Å². The molecule has 2 amide bonds. The summed E-state index contributed by atoms with van der Waals surface area (Å²) in [5.41, 5.74) is 5.01. The van der Waals surface area contributed by atoms with Crippen LogP contribution in [-0.2, 0) is 6.42 Å². The standard InChI is InChI=1S/C29H26N2O4/c1-18-7-3-5-9-22(18)28(34)30-24-13-11-20(16-26(24)32)15-21-12-14-25(27(33)17-21)31-29(35)23-10-6-4-8-19(23)2/h3-14,16-17,32-33H,15H2,1-2H3,(H,30,34)(H,31,35). The first kappa shape index (κ1) is 23.6. The molecule has 0 radical (unpaired) electrons. The SMILES string of the molecule is Cc1ccccc1C(=O)Nc1ccc(Cc2ccc(NC(=O)c3ccccc3C)c(O)c2)cc1O. The Labute approximate surface area is 203 Å². The number of hydrogen-bond acceptors (Lipinski definition) is 4. The number of phenols is 2. The molecule has 6 heteroatoms. The molecule has 0 atom stereocenters. The maximum absolute atomic E-state index is 12.5. The Hall–Kier alpha value is -4.58. The molecule has 6 nitrogen and oxygen atoms in total. The lowest BCUT2D eigenvalue weighted by Crippen LogP contribution is -2.13. The molecule has 0 fully saturated rings. The van der Waals surface area contributed by atoms with Gasteiger partial charge in [0.15, 0.2) is 0 Å². The third-order valence-corrected chi connectivity index (χ3v) is 5.81. The summed E-state index contributed by atoms with van der Waals surface area (Å²) in [6, 6.07) is 24.5. The van der Waals surface area contributed by atoms with E-state index in [9.17, 15) is 19.8 Å². The van der Waals surface area contributed by atoms with E-state index in [2.05, 4.69) is 10.6 Å². The van der Waals surface area contributed by atoms with Crippen LogP contribution in [0.25, 0.3) is 0 Å². The molecular weight excluding hydrogens is 440 g/mol. The fraction of sp³-hybridized carbons (Fsp3) is 0.103. The third kappa shape index (κ3) is 5.50. The van der Waals surface area contributed by atoms with Crippen LogP contribution < -0.4 is 10.6 Å². The van der Waals surface area contributed by atoms with E-state index in [0.29, 0.717) is 28.9 Å². The number of rotatable bonds is 6. The molecule has 0 aliphatic heterocycles. The normalized spacial score (nSPS) is 10.6. The zero-order chi connectivity index (χ0) is 24.9. The Kier molecular flexibility index (Phi) is 6.83. The van der Waals surface area contributed by atoms with E-state index < -0.39 is 0 Å². The summed E-state index contributed by atoms with van der Waals surface area (Å²) in [7, 11) is 0. The Morgan fingerprint density at radius 2 is 1.03 bits per heavy atom. The highest BCUT2D eigenvalue weighted by Crippen LogP contribution is 2.29. The van der Waals surface area contributed by atoms with Gasteiger partial charge in [-0.05, 0) is 78.9 Å². The van der Waals surface area contributed by atoms with Crippen molar-refractivity contribution in [1.82, 2.24) is 0 Å². The molecule has 0 aliphatic rings. The summed E-state index contributed by atoms with van der Waals surface area (Å²) >= 11 is 0. The number of amides is 2. The summed E-state index contributed by atoms with van der Waals surface area (Å²) in [6.45, 7) is 3.71. The molecule has 0 unspecified atom stereocenters. The maximum atomic E-state index is 12.5. The maximum Gasteiger partial charge on any atom is 0.256 e. The monoisotopic (exact) mass is 466 g/mol. The smallest absolute Gasteiger partial charge is 0.256 e. The average Bonchev–Trinajstić information content (AvgIpc) is 2.83. The van der Waals surface area contributed by atoms with E-state index in [-0.39, 0.29) is 23.3 Å². The lowest BCUT2D eigenvalue weighted by Gasteiger charge is -2.12. The minimum Gasteiger partial charge on any atom is -0.506 e. The number of anilines is 2. The largest absolute Gasteiger partial charge is 0.506 e. The van der Waals surface area contributed by atoms with E-state index in [1.54, 1.807) is 60.7 Å². The zero-order valence-electron chi connectivity index (χ0n) is 19.5. The van der Waals surface area contributed by atoms with Gasteiger partial charge in [0, 0.05) is 11.1 Å². The van der Waals surface area contributed by atoms with E-state index in [1.165, 1.54) is 0 Å². The molecule has 0 saturated heterocycles. The second kappa shape index (κ2) is 10.1. The molecule has 0 aliphatic carbocycles. The van der Waals surface area contributed by atoms with Crippen LogP contribution >= 0.6 is 0 Å². The quantitative estimate of drug-likeness (QED) is 0.270. The van der Waals surface area contributed by atoms with Crippen molar-refractivity contribution in [2.24, 2.45) is 0 Å². The second-order valence-corrected chi connectivity index (χ2v) is 8.42. The molecule has 0 bridgehead atoms. The molecule has 0 spiro atoms. The first-order valence-electron chi connectivity index (χ1n) is 11.2. The summed E-state index contributed by atoms with van der Waals surface area (Å²) in [5, 5.41) is 26.4. The van der Waals surface area contributed by atoms with Gasteiger partial charge >= 0.3 is 0 Å². The molecule has 0 aromatic heterocycles. The van der Waals surface area contributed by atoms with Gasteiger partial charge in [-0.3, -0.25) is 9.59 Å². The molecule has 4 aromatic carbocycles. The molecule has 35 heavy (non-hydrogen) atoms. The number of carbonyl (C=O) groups excluding carboxylic acids is 2. The minimum absolute atomic E-state index is 0.0456. The van der Waals surface area contributed by atoms with Gasteiger partial charge in [0.1, 0.15) is 11.5 Å². The van der Waals surface area contributed by atoms with Crippen molar-refractivity contribution < 1.29 is 19.8 Å². The predicted octanol–water partition coefficient (Wildman–Crippen LogP) is 5.81. The number of hydrogen-bond donors (Lipinski definition) is 4. The first-order chi connectivity index (χ1) is 16.8. The van der Waals surface area contributed by atoms with Crippen LogP contribution in [0.5, 0.6) is 11.5 Å². The van der Waals surface area contributed by atoms with Crippen molar-refractivity contribution in [1.29, 1.82) is 0 Å². The van der Waals surface area contributed by atoms with E-state index in [4.69, 9.17) is 0 Å². The van der Waals surface area contributed by atoms with Crippen molar-refractivity contribution in [3.05, 3.63) is 118 Å². The Morgan fingerprint density at radius 3 is 1.40 bits per heavy atom. The molecule has 4 aromatic rings. The lowest BCUT2D eigenvalue weighted by molar-refractivity contribution is 0.101. The van der Waals surface area contributed by atoms with Gasteiger partial charge in [0.05, 0.1) is 11.4 Å². The summed E-state index contributed by atoms with van der Waals surface area (Å²) < 4.78 is 0. The number of benzene rings is 4. The highest BCUT2D eigenvalue weighted by Gasteiger charge is 2.13. The number of phenolic OH excluding ortho intramolecular Hbond substituents is 2. The average molecular weight is 467 g/mol. The molecule has 0 saturated carbocycles. The van der Waals surface area contributed by atoms with E-state index in [1.807, 2.05) is 38.1 Å². The number of aryl methyl sites for hydroxylation is 2. The summed E-state index contributed by atoms with van der Waals surface area (Å²) in [4.78, 5) is 25.1. The predicted molar refractivity (Wildman–Crippen MR) is 137 cm³/mol. The van der Waals surface area contributed by atoms with Crippen molar-refractivity contribution >= 4 is 23.2 Å². The van der Waals surface area contributed by atoms with Gasteiger partial charge in [-0.15, -0.1) is 0 Å². The fourth-order valence-corrected chi connectivity index (χ4v) is 3.86. The highest BCUT2D eigenvalue weighted by atomic mass is 16.3. The van der Waals surface area contributed by atoms with E-state index >= 15 is 0 Å². The van der Waals surface area contributed by atoms with Crippen LogP contribution in [-0.4, -0.2) is 22.0 Å². The zero-order valence-corrected chi connectivity index (χ0v) is 19.5. The van der Waals surface area contributed by atoms with Crippen LogP contribution in [0.4, 0.5) is 11.4 Å². The van der Waals surface area contributed by atoms with Gasteiger partial charge < -0.3 is 20.8 Å². The van der Waals surface area contributed by atoms with Crippen molar-refractivity contribution in [2.45, 2.75) is 20.3 Å². The number of aromatic hydroxyl groups is 2. The van der Waals surface area contributed by atoms with Gasteiger partial charge in [-0.25, -0.2) is 0 Å². The molecule has 4 N–H and O–H groups in total. The topological polar surface area (TPSA) is 98.7 Å². The van der Waals surface area contributed by atoms with Gasteiger partial charge in [0.25, 0.3) is 11.8 Å². The molecule has 4 rings (SSSR count). The number of nitrogens with one attached hydrogen (secondary N) is 2. The highest BCUT2D eigenvalue weighted by molar-refractivity contribution is 6.06. The Bertz CT molecular complexity index is 1300. The fourth-order valence-electron chi connectivity index (χ4n) is 3.86. The van der Waals surface area contributed by atoms with Crippen LogP contribution in [0.15, 0.2) is 84.9 Å². The molecule has 0 heterocycles. The van der Waals surface area contributed by atoms with E-state index in [0.717, 1.165) is 22.3 Å². The summed E-state index contributed by atoms with van der Waals surface area (Å²) in [5.74, 6) is -0.676. The van der Waals surface area contributed by atoms with Gasteiger partial charge in [-0.1, -0.05) is 48.5 Å². The van der Waals surface area contributed by atoms with Crippen LogP contribution in [0, 0.1) is 13.8 Å². The van der Waals surface area contributed by atoms with Crippen molar-refractivity contribution in [2.75, 3.05) is 10.6 Å². The van der Waals surface area contributed by atoms with Crippen molar-refractivity contribution in [3.63, 3.8) is 0 Å². The Balaban J connectivity index is 1.44. The second-order valence-electron chi connectivity index (χ2n) is 8.42. The number of carbonyl (C=O) groups is 2. The van der Waals surface area contributed by atoms with Crippen molar-refractivity contribution in [3.8, 4) is 11.5 Å².